The average Bonchev–Trinajstić information content (AvgIpc) is 3.35. The molecule has 0 unspecified atom stereocenters. The molecule has 4 N–H and O–H groups in total. The van der Waals surface area contributed by atoms with Crippen molar-refractivity contribution in [3.05, 3.63) is 94.3 Å². The summed E-state index contributed by atoms with van der Waals surface area (Å²) in [5.74, 6) is -2.86. The zero-order valence-electron chi connectivity index (χ0n) is 25.0. The predicted octanol–water partition coefficient (Wildman–Crippen LogP) is 3.70. The molecule has 2 amide bonds. The number of nitrogens with two attached hydrogens (primary N) is 1. The Kier molecular flexibility index (Phi) is 10.5. The van der Waals surface area contributed by atoms with E-state index in [0.717, 1.165) is 29.8 Å². The van der Waals surface area contributed by atoms with Crippen LogP contribution in [0.2, 0.25) is 5.02 Å². The van der Waals surface area contributed by atoms with Crippen LogP contribution in [-0.2, 0) is 20.9 Å². The number of aromatic nitrogens is 2. The van der Waals surface area contributed by atoms with Crippen molar-refractivity contribution in [2.45, 2.75) is 49.6 Å². The minimum atomic E-state index is -2.29. The number of nitrogens with one attached hydrogen (secondary N) is 1. The molecule has 2 fully saturated rings. The first-order valence-electron chi connectivity index (χ1n) is 14.9. The van der Waals surface area contributed by atoms with E-state index in [0.29, 0.717) is 49.6 Å². The van der Waals surface area contributed by atoms with Crippen molar-refractivity contribution in [3.63, 3.8) is 0 Å². The van der Waals surface area contributed by atoms with E-state index in [-0.39, 0.29) is 48.5 Å². The third-order valence-corrected chi connectivity index (χ3v) is 8.93. The molecular weight excluding hydrogens is 660 g/mol. The number of hydrogen-bond donors (Lipinski definition) is 3. The van der Waals surface area contributed by atoms with E-state index < -0.39 is 47.0 Å². The number of rotatable bonds is 7. The zero-order valence-corrected chi connectivity index (χ0v) is 26.6. The molecule has 250 valence electrons. The first kappa shape index (κ1) is 34.7. The average molecular weight is 694 g/mol. The Labute approximate surface area is 280 Å². The van der Waals surface area contributed by atoms with Crippen LogP contribution in [0.1, 0.15) is 42.3 Å². The second-order valence-corrected chi connectivity index (χ2v) is 12.2. The number of amides is 2. The van der Waals surface area contributed by atoms with Gasteiger partial charge in [0.25, 0.3) is 11.8 Å². The number of halogens is 5. The van der Waals surface area contributed by atoms with E-state index in [1.54, 1.807) is 0 Å². The standard InChI is InChI=1S/C32H32ClF3N6O4.ClH/c33-20-9-18(10-22(35)11-20)14-40-30(43)32(45)5-8-42(31(32)44)24-15-38-29(39-16-24)19-3-6-41(7-4-19)23-13-27(37)28(46-17-23)25-12-21(34)1-2-26(25)36;/h1-3,9-12,15-16,23,27-28,45H,4-8,13-14,17,37H2,(H,40,43);1H/t23-,27+,28-,32+;/m1./s1. The van der Waals surface area contributed by atoms with Crippen LogP contribution in [-0.4, -0.2) is 75.7 Å². The van der Waals surface area contributed by atoms with Crippen molar-refractivity contribution in [1.82, 2.24) is 20.2 Å². The Morgan fingerprint density at radius 3 is 2.57 bits per heavy atom. The molecule has 4 atom stereocenters. The van der Waals surface area contributed by atoms with Crippen LogP contribution in [0.3, 0.4) is 0 Å². The summed E-state index contributed by atoms with van der Waals surface area (Å²) in [4.78, 5) is 38.3. The van der Waals surface area contributed by atoms with Gasteiger partial charge in [-0.3, -0.25) is 14.5 Å². The van der Waals surface area contributed by atoms with Gasteiger partial charge >= 0.3 is 0 Å². The van der Waals surface area contributed by atoms with Crippen LogP contribution in [0.25, 0.3) is 5.57 Å². The number of aliphatic hydroxyl groups is 1. The highest BCUT2D eigenvalue weighted by molar-refractivity contribution is 6.30. The highest BCUT2D eigenvalue weighted by atomic mass is 35.5. The van der Waals surface area contributed by atoms with Crippen molar-refractivity contribution in [2.24, 2.45) is 5.73 Å². The molecule has 4 heterocycles. The van der Waals surface area contributed by atoms with Gasteiger partial charge in [-0.05, 0) is 60.4 Å². The lowest BCUT2D eigenvalue weighted by atomic mass is 9.92. The van der Waals surface area contributed by atoms with Gasteiger partial charge in [-0.15, -0.1) is 12.4 Å². The minimum Gasteiger partial charge on any atom is -0.372 e. The zero-order chi connectivity index (χ0) is 32.6. The first-order chi connectivity index (χ1) is 22.0. The normalized spacial score (nSPS) is 24.9. The molecule has 0 saturated carbocycles. The fraction of sp³-hybridized carbons (Fsp3) is 0.375. The first-order valence-corrected chi connectivity index (χ1v) is 15.2. The number of nitrogens with zero attached hydrogens (tertiary/aromatic N) is 4. The molecule has 2 saturated heterocycles. The fourth-order valence-corrected chi connectivity index (χ4v) is 6.45. The van der Waals surface area contributed by atoms with Gasteiger partial charge in [-0.2, -0.15) is 0 Å². The molecule has 3 aromatic rings. The van der Waals surface area contributed by atoms with Crippen molar-refractivity contribution < 1.29 is 32.6 Å². The molecule has 0 bridgehead atoms. The van der Waals surface area contributed by atoms with E-state index in [1.165, 1.54) is 29.4 Å². The smallest absolute Gasteiger partial charge is 0.268 e. The molecular formula is C32H33Cl2F3N6O4. The van der Waals surface area contributed by atoms with E-state index >= 15 is 0 Å². The van der Waals surface area contributed by atoms with E-state index in [2.05, 4.69) is 20.2 Å². The fourth-order valence-electron chi connectivity index (χ4n) is 6.20. The Balaban J connectivity index is 0.00000433. The summed E-state index contributed by atoms with van der Waals surface area (Å²) in [5.41, 5.74) is 5.83. The molecule has 3 aliphatic heterocycles. The lowest BCUT2D eigenvalue weighted by molar-refractivity contribution is -0.149. The second kappa shape index (κ2) is 14.3. The van der Waals surface area contributed by atoms with E-state index in [4.69, 9.17) is 22.1 Å². The molecule has 2 aromatic carbocycles. The topological polar surface area (TPSA) is 134 Å². The summed E-state index contributed by atoms with van der Waals surface area (Å²) < 4.78 is 47.5. The number of benzene rings is 2. The van der Waals surface area contributed by atoms with Crippen LogP contribution in [0.15, 0.2) is 54.9 Å². The van der Waals surface area contributed by atoms with Gasteiger partial charge in [0.05, 0.1) is 24.7 Å². The number of hydrogen-bond acceptors (Lipinski definition) is 8. The maximum absolute atomic E-state index is 14.3. The third kappa shape index (κ3) is 7.30. The van der Waals surface area contributed by atoms with Gasteiger partial charge in [0.2, 0.25) is 5.60 Å². The monoisotopic (exact) mass is 692 g/mol. The maximum Gasteiger partial charge on any atom is 0.268 e. The van der Waals surface area contributed by atoms with E-state index in [9.17, 15) is 27.9 Å². The highest BCUT2D eigenvalue weighted by Crippen LogP contribution is 2.33. The number of carbonyl (C=O) groups is 2. The Morgan fingerprint density at radius 2 is 1.89 bits per heavy atom. The molecule has 6 rings (SSSR count). The van der Waals surface area contributed by atoms with E-state index in [1.807, 2.05) is 6.08 Å². The van der Waals surface area contributed by atoms with Gasteiger partial charge in [0.1, 0.15) is 23.6 Å². The van der Waals surface area contributed by atoms with Crippen molar-refractivity contribution in [1.29, 1.82) is 0 Å². The Bertz CT molecular complexity index is 1660. The van der Waals surface area contributed by atoms with Gasteiger partial charge in [0, 0.05) is 55.3 Å². The van der Waals surface area contributed by atoms with Crippen LogP contribution in [0.5, 0.6) is 0 Å². The summed E-state index contributed by atoms with van der Waals surface area (Å²) in [5, 5.41) is 13.6. The number of carbonyl (C=O) groups excluding carboxylic acids is 2. The highest BCUT2D eigenvalue weighted by Gasteiger charge is 2.51. The lowest BCUT2D eigenvalue weighted by Gasteiger charge is -2.41. The summed E-state index contributed by atoms with van der Waals surface area (Å²) in [6.45, 7) is 1.57. The summed E-state index contributed by atoms with van der Waals surface area (Å²) in [6, 6.07) is 6.59. The molecule has 47 heavy (non-hydrogen) atoms. The number of ether oxygens (including phenoxy) is 1. The van der Waals surface area contributed by atoms with Gasteiger partial charge in [0.15, 0.2) is 5.82 Å². The molecule has 3 aliphatic rings. The Morgan fingerprint density at radius 1 is 1.13 bits per heavy atom. The SMILES string of the molecule is Cl.N[C@H]1C[C@@H](N2CC=C(c3ncc(N4CC[C@](O)(C(=O)NCc5cc(F)cc(Cl)c5)C4=O)cn3)CC2)CO[C@@H]1c1cc(F)ccc1F. The molecule has 0 spiro atoms. The lowest BCUT2D eigenvalue weighted by Crippen LogP contribution is -2.52. The summed E-state index contributed by atoms with van der Waals surface area (Å²) in [7, 11) is 0. The summed E-state index contributed by atoms with van der Waals surface area (Å²) >= 11 is 5.86. The molecule has 1 aromatic heterocycles. The second-order valence-electron chi connectivity index (χ2n) is 11.7. The molecule has 0 radical (unpaired) electrons. The quantitative estimate of drug-likeness (QED) is 0.320. The molecule has 0 aliphatic carbocycles. The van der Waals surface area contributed by atoms with Gasteiger partial charge in [-0.25, -0.2) is 23.1 Å². The Hall–Kier alpha value is -3.59. The molecule has 10 nitrogen and oxygen atoms in total. The number of anilines is 1. The minimum absolute atomic E-state index is 0. The van der Waals surface area contributed by atoms with Crippen molar-refractivity contribution >= 4 is 47.1 Å². The van der Waals surface area contributed by atoms with Crippen LogP contribution in [0, 0.1) is 17.5 Å². The van der Waals surface area contributed by atoms with Crippen molar-refractivity contribution in [3.8, 4) is 0 Å². The van der Waals surface area contributed by atoms with Gasteiger partial charge in [-0.1, -0.05) is 17.7 Å². The molecule has 15 heteroatoms. The van der Waals surface area contributed by atoms with Crippen molar-refractivity contribution in [2.75, 3.05) is 31.1 Å². The van der Waals surface area contributed by atoms with Gasteiger partial charge < -0.3 is 25.8 Å². The predicted molar refractivity (Wildman–Crippen MR) is 170 cm³/mol. The third-order valence-electron chi connectivity index (χ3n) is 8.71. The van der Waals surface area contributed by atoms with Crippen LogP contribution >= 0.6 is 24.0 Å². The summed E-state index contributed by atoms with van der Waals surface area (Å²) in [6.07, 6.45) is 5.31. The maximum atomic E-state index is 14.3. The largest absolute Gasteiger partial charge is 0.372 e. The van der Waals surface area contributed by atoms with Crippen LogP contribution < -0.4 is 16.0 Å². The van der Waals surface area contributed by atoms with Crippen LogP contribution in [0.4, 0.5) is 18.9 Å².